The fourth-order valence-electron chi connectivity index (χ4n) is 8.48. The van der Waals surface area contributed by atoms with Crippen molar-refractivity contribution in [3.63, 3.8) is 0 Å². The van der Waals surface area contributed by atoms with Gasteiger partial charge in [-0.15, -0.1) is 68.3 Å². The summed E-state index contributed by atoms with van der Waals surface area (Å²) in [6, 6.07) is 22.4. The Morgan fingerprint density at radius 3 is 0.866 bits per heavy atom. The van der Waals surface area contributed by atoms with E-state index in [0.717, 1.165) is 102 Å². The first-order valence-electron chi connectivity index (χ1n) is 26.3. The quantitative estimate of drug-likeness (QED) is 0.0351. The van der Waals surface area contributed by atoms with Gasteiger partial charge in [-0.1, -0.05) is 66.8 Å². The number of alkyl halides is 1. The summed E-state index contributed by atoms with van der Waals surface area (Å²) in [7, 11) is 0. The summed E-state index contributed by atoms with van der Waals surface area (Å²) in [5.41, 5.74) is 9.01. The maximum absolute atomic E-state index is 9.54. The molecule has 0 bridgehead atoms. The van der Waals surface area contributed by atoms with Crippen molar-refractivity contribution < 1.29 is 39.4 Å². The van der Waals surface area contributed by atoms with Crippen molar-refractivity contribution in [1.82, 2.24) is 24.9 Å². The fraction of sp³-hybridized carbons (Fsp3) is 0.381. The molecule has 0 spiro atoms. The van der Waals surface area contributed by atoms with Crippen LogP contribution in [-0.2, 0) is 58.0 Å². The predicted octanol–water partition coefficient (Wildman–Crippen LogP) is 17.1. The van der Waals surface area contributed by atoms with Crippen LogP contribution in [0.1, 0.15) is 118 Å². The van der Waals surface area contributed by atoms with Crippen molar-refractivity contribution in [3.05, 3.63) is 175 Å². The average Bonchev–Trinajstić information content (AvgIpc) is 4.35. The number of aromatic nitrogens is 5. The van der Waals surface area contributed by atoms with E-state index >= 15 is 0 Å². The number of aromatic hydroxyl groups is 4. The second-order valence-corrected chi connectivity index (χ2v) is 25.6. The summed E-state index contributed by atoms with van der Waals surface area (Å²) in [6.07, 6.45) is 3.39. The van der Waals surface area contributed by atoms with Gasteiger partial charge in [0.15, 0.2) is 46.0 Å². The largest absolute Gasteiger partial charge is 0.504 e. The summed E-state index contributed by atoms with van der Waals surface area (Å²) in [6.45, 7) is 20.5. The van der Waals surface area contributed by atoms with Gasteiger partial charge in [-0.25, -0.2) is 24.9 Å². The first-order chi connectivity index (χ1) is 38.3. The Balaban J connectivity index is 0.000000317. The molecule has 0 unspecified atom stereocenters. The highest BCUT2D eigenvalue weighted by atomic mass is 35.5. The number of hydrogen-bond donors (Lipinski definition) is 4. The molecule has 0 radical (unpaired) electrons. The van der Waals surface area contributed by atoms with Crippen LogP contribution in [0.15, 0.2) is 99.7 Å². The Bertz CT molecular complexity index is 3170. The fourth-order valence-corrected chi connectivity index (χ4v) is 11.7. The number of benzene rings is 4. The van der Waals surface area contributed by atoms with Crippen LogP contribution in [0, 0.1) is 58.3 Å². The van der Waals surface area contributed by atoms with Gasteiger partial charge in [-0.3, -0.25) is 0 Å². The van der Waals surface area contributed by atoms with Crippen LogP contribution >= 0.6 is 68.3 Å². The molecule has 4 N–H and O–H groups in total. The predicted molar refractivity (Wildman–Crippen MR) is 339 cm³/mol. The van der Waals surface area contributed by atoms with Crippen molar-refractivity contribution in [3.8, 4) is 46.0 Å². The lowest BCUT2D eigenvalue weighted by molar-refractivity contribution is 0.251. The van der Waals surface area contributed by atoms with E-state index < -0.39 is 0 Å². The third kappa shape index (κ3) is 20.9. The molecule has 4 aromatic carbocycles. The molecule has 0 saturated heterocycles. The first-order valence-corrected chi connectivity index (χ1v) is 31.2. The topological polar surface area (TPSA) is 182 Å². The van der Waals surface area contributed by atoms with Gasteiger partial charge in [-0.05, 0) is 155 Å². The number of phenolic OH excluding ortho intramolecular Hbond substituents is 4. The minimum absolute atomic E-state index is 0. The van der Waals surface area contributed by atoms with Crippen LogP contribution < -0.4 is 18.9 Å². The normalized spacial score (nSPS) is 12.3. The molecule has 9 aromatic rings. The van der Waals surface area contributed by atoms with Crippen LogP contribution in [0.2, 0.25) is 0 Å². The zero-order valence-corrected chi connectivity index (χ0v) is 51.4. The van der Waals surface area contributed by atoms with Crippen molar-refractivity contribution >= 4 is 68.3 Å². The molecular formula is C63H78ClN5O8S5. The summed E-state index contributed by atoms with van der Waals surface area (Å²) in [5.74, 6) is 4.51. The standard InChI is InChI=1S/C38H42N4O4S4.C18H22O4.C5H6ClNS.2CH4/c1-23(11-29-7-9-35(43-15-31-19-47-25(3)39-31)37(13-29)45-17-33-21-49-27(5)41-33)24(2)12-30-8-10-36(44-16-32-20-48-26(4)40-32)38(14-30)46-18-34-22-50-28(6)42-34;1-11(7-13-3-5-15(19)17(21)9-13)12(2)8-14-4-6-16(20)18(22)10-14;1-4-7-5(2-6)3-8-4;;/h7-10,13-14,19-24H,11-12,15-18H2,1-6H3;3-6,9-12,19-22H,7-8H2,1-2H3;3H,2H2,1H3;2*1H4/t23-,24+;11-,12+;;;. The summed E-state index contributed by atoms with van der Waals surface area (Å²) < 4.78 is 25.0. The number of phenols is 4. The molecule has 0 fully saturated rings. The molecule has 0 aliphatic carbocycles. The number of aryl methyl sites for hydroxylation is 5. The zero-order valence-electron chi connectivity index (χ0n) is 46.6. The molecular weight excluding hydrogens is 1150 g/mol. The molecule has 0 aliphatic rings. The third-order valence-electron chi connectivity index (χ3n) is 13.2. The van der Waals surface area contributed by atoms with Crippen LogP contribution in [-0.4, -0.2) is 45.3 Å². The van der Waals surface area contributed by atoms with E-state index in [4.69, 9.17) is 30.5 Å². The molecule has 13 nitrogen and oxygen atoms in total. The van der Waals surface area contributed by atoms with Crippen molar-refractivity contribution in [2.45, 2.75) is 135 Å². The third-order valence-corrected chi connectivity index (χ3v) is 17.6. The van der Waals surface area contributed by atoms with Gasteiger partial charge < -0.3 is 39.4 Å². The van der Waals surface area contributed by atoms with Gasteiger partial charge in [0.05, 0.1) is 59.4 Å². The number of nitrogens with zero attached hydrogens (tertiary/aromatic N) is 5. The number of hydrogen-bond acceptors (Lipinski definition) is 18. The summed E-state index contributed by atoms with van der Waals surface area (Å²) in [5, 5.41) is 53.1. The van der Waals surface area contributed by atoms with Gasteiger partial charge in [0.2, 0.25) is 0 Å². The number of halogens is 1. The number of thiazole rings is 5. The van der Waals surface area contributed by atoms with E-state index in [0.29, 0.717) is 67.5 Å². The first kappa shape index (κ1) is 66.5. The van der Waals surface area contributed by atoms with Gasteiger partial charge in [0.25, 0.3) is 0 Å². The van der Waals surface area contributed by atoms with Crippen LogP contribution in [0.3, 0.4) is 0 Å². The highest BCUT2D eigenvalue weighted by Crippen LogP contribution is 2.36. The summed E-state index contributed by atoms with van der Waals surface area (Å²) >= 11 is 13.6. The molecule has 19 heteroatoms. The molecule has 5 aromatic heterocycles. The molecule has 5 heterocycles. The maximum Gasteiger partial charge on any atom is 0.162 e. The van der Waals surface area contributed by atoms with E-state index in [1.807, 2.05) is 85.8 Å². The smallest absolute Gasteiger partial charge is 0.162 e. The Hall–Kier alpha value is -6.28. The van der Waals surface area contributed by atoms with Crippen molar-refractivity contribution in [1.29, 1.82) is 0 Å². The van der Waals surface area contributed by atoms with E-state index in [2.05, 4.69) is 76.9 Å². The Morgan fingerprint density at radius 1 is 0.366 bits per heavy atom. The van der Waals surface area contributed by atoms with Crippen molar-refractivity contribution in [2.24, 2.45) is 23.7 Å². The lowest BCUT2D eigenvalue weighted by Crippen LogP contribution is -2.14. The minimum atomic E-state index is -0.107. The van der Waals surface area contributed by atoms with Gasteiger partial charge in [0.1, 0.15) is 26.4 Å². The lowest BCUT2D eigenvalue weighted by Gasteiger charge is -2.22. The average molecular weight is 1230 g/mol. The van der Waals surface area contributed by atoms with Gasteiger partial charge in [0, 0.05) is 26.9 Å². The van der Waals surface area contributed by atoms with Crippen LogP contribution in [0.5, 0.6) is 46.0 Å². The zero-order chi connectivity index (χ0) is 57.3. The lowest BCUT2D eigenvalue weighted by atomic mass is 9.85. The molecule has 0 aliphatic heterocycles. The second kappa shape index (κ2) is 32.5. The molecule has 9 rings (SSSR count). The minimum Gasteiger partial charge on any atom is -0.504 e. The monoisotopic (exact) mass is 1230 g/mol. The molecule has 82 heavy (non-hydrogen) atoms. The highest BCUT2D eigenvalue weighted by molar-refractivity contribution is 7.10. The van der Waals surface area contributed by atoms with Gasteiger partial charge in [-0.2, -0.15) is 0 Å². The molecule has 0 saturated carbocycles. The Morgan fingerprint density at radius 2 is 0.622 bits per heavy atom. The van der Waals surface area contributed by atoms with Crippen LogP contribution in [0.25, 0.3) is 0 Å². The van der Waals surface area contributed by atoms with E-state index in [1.165, 1.54) is 23.3 Å². The van der Waals surface area contributed by atoms with E-state index in [9.17, 15) is 20.4 Å². The van der Waals surface area contributed by atoms with Crippen LogP contribution in [0.4, 0.5) is 0 Å². The maximum atomic E-state index is 9.54. The number of rotatable bonds is 23. The Labute approximate surface area is 509 Å². The van der Waals surface area contributed by atoms with Crippen molar-refractivity contribution in [2.75, 3.05) is 0 Å². The number of ether oxygens (including phenoxy) is 4. The molecule has 440 valence electrons. The van der Waals surface area contributed by atoms with E-state index in [-0.39, 0.29) is 37.9 Å². The second-order valence-electron chi connectivity index (χ2n) is 20.0. The highest BCUT2D eigenvalue weighted by Gasteiger charge is 2.19. The molecule has 4 atom stereocenters. The molecule has 0 amide bonds. The Kier molecular flexibility index (Phi) is 26.4. The van der Waals surface area contributed by atoms with Gasteiger partial charge >= 0.3 is 0 Å². The summed E-state index contributed by atoms with van der Waals surface area (Å²) in [4.78, 5) is 22.3. The SMILES string of the molecule is C.C.C[C@H](Cc1ccc(O)c(O)c1)[C@@H](C)Cc1ccc(O)c(O)c1.Cc1nc(CCl)cs1.Cc1nc(COc2ccc(C[C@@H](C)[C@@H](C)Cc3ccc(OCc4csc(C)n4)c(OCc4csc(C)n4)c3)cc2OCc2csc(C)n2)cs1. The van der Waals surface area contributed by atoms with E-state index in [1.54, 1.807) is 68.8 Å².